The van der Waals surface area contributed by atoms with Gasteiger partial charge in [0.05, 0.1) is 0 Å². The average molecular weight is 325 g/mol. The second-order valence-electron chi connectivity index (χ2n) is 3.41. The van der Waals surface area contributed by atoms with Crippen molar-refractivity contribution in [3.05, 3.63) is 34.0 Å². The highest BCUT2D eigenvalue weighted by Gasteiger charge is 2.15. The zero-order chi connectivity index (χ0) is 12.7. The number of carbonyl (C=O) groups is 1. The fourth-order valence-corrected chi connectivity index (χ4v) is 2.56. The Morgan fingerprint density at radius 2 is 2.28 bits per heavy atom. The van der Waals surface area contributed by atoms with Crippen molar-refractivity contribution in [2.75, 3.05) is 0 Å². The van der Waals surface area contributed by atoms with Gasteiger partial charge in [0.25, 0.3) is 0 Å². The molecule has 0 saturated carbocycles. The van der Waals surface area contributed by atoms with Crippen LogP contribution in [0.3, 0.4) is 0 Å². The number of hydrogen-bond acceptors (Lipinski definition) is 5. The maximum atomic E-state index is 11.1. The lowest BCUT2D eigenvalue weighted by molar-refractivity contribution is 0.0690. The molecule has 0 bridgehead atoms. The Hall–Kier alpha value is -1.80. The molecule has 3 aromatic rings. The number of carboxylic acids is 1. The zero-order valence-electron chi connectivity index (χ0n) is 8.74. The van der Waals surface area contributed by atoms with Crippen molar-refractivity contribution in [2.24, 2.45) is 0 Å². The third-order valence-electron chi connectivity index (χ3n) is 2.27. The van der Waals surface area contributed by atoms with Crippen molar-refractivity contribution < 1.29 is 9.90 Å². The first-order chi connectivity index (χ1) is 8.65. The summed E-state index contributed by atoms with van der Waals surface area (Å²) >= 11 is 4.66. The van der Waals surface area contributed by atoms with Gasteiger partial charge in [0.15, 0.2) is 11.3 Å². The number of fused-ring (bicyclic) bond motifs is 1. The number of aromatic nitrogens is 4. The summed E-state index contributed by atoms with van der Waals surface area (Å²) in [5.74, 6) is -1.08. The first kappa shape index (κ1) is 11.3. The van der Waals surface area contributed by atoms with Crippen molar-refractivity contribution in [1.29, 1.82) is 0 Å². The molecule has 6 nitrogen and oxygen atoms in total. The van der Waals surface area contributed by atoms with Crippen LogP contribution in [0.15, 0.2) is 28.3 Å². The SMILES string of the molecule is O=C(O)c1cc(-c2nccs2)n2nc(Br)cc2n1. The van der Waals surface area contributed by atoms with E-state index in [1.807, 2.05) is 5.38 Å². The van der Waals surface area contributed by atoms with Crippen LogP contribution in [-0.2, 0) is 0 Å². The summed E-state index contributed by atoms with van der Waals surface area (Å²) in [6.45, 7) is 0. The highest BCUT2D eigenvalue weighted by atomic mass is 79.9. The van der Waals surface area contributed by atoms with Crippen molar-refractivity contribution in [3.63, 3.8) is 0 Å². The Morgan fingerprint density at radius 1 is 1.44 bits per heavy atom. The van der Waals surface area contributed by atoms with Gasteiger partial charge in [0.2, 0.25) is 0 Å². The van der Waals surface area contributed by atoms with Gasteiger partial charge >= 0.3 is 5.97 Å². The minimum atomic E-state index is -1.08. The summed E-state index contributed by atoms with van der Waals surface area (Å²) in [5, 5.41) is 15.8. The van der Waals surface area contributed by atoms with Crippen LogP contribution in [0.1, 0.15) is 10.5 Å². The van der Waals surface area contributed by atoms with Crippen molar-refractivity contribution in [3.8, 4) is 10.7 Å². The van der Waals surface area contributed by atoms with E-state index in [2.05, 4.69) is 31.0 Å². The second-order valence-corrected chi connectivity index (χ2v) is 5.11. The Kier molecular flexibility index (Phi) is 2.60. The highest BCUT2D eigenvalue weighted by Crippen LogP contribution is 2.24. The normalized spacial score (nSPS) is 10.9. The molecular formula is C10H5BrN4O2S. The molecule has 1 N–H and O–H groups in total. The second kappa shape index (κ2) is 4.14. The number of thiazole rings is 1. The van der Waals surface area contributed by atoms with E-state index in [0.717, 1.165) is 0 Å². The van der Waals surface area contributed by atoms with Crippen molar-refractivity contribution in [2.45, 2.75) is 0 Å². The van der Waals surface area contributed by atoms with Crippen LogP contribution < -0.4 is 0 Å². The molecule has 0 saturated heterocycles. The van der Waals surface area contributed by atoms with E-state index in [0.29, 0.717) is 21.0 Å². The maximum absolute atomic E-state index is 11.1. The topological polar surface area (TPSA) is 80.4 Å². The molecule has 3 heterocycles. The maximum Gasteiger partial charge on any atom is 0.354 e. The van der Waals surface area contributed by atoms with E-state index in [-0.39, 0.29) is 5.69 Å². The number of carboxylic acid groups (broad SMARTS) is 1. The lowest BCUT2D eigenvalue weighted by Crippen LogP contribution is -2.05. The Morgan fingerprint density at radius 3 is 2.94 bits per heavy atom. The smallest absolute Gasteiger partial charge is 0.354 e. The van der Waals surface area contributed by atoms with Crippen LogP contribution in [0.2, 0.25) is 0 Å². The molecule has 90 valence electrons. The molecule has 8 heteroatoms. The molecule has 0 aliphatic carbocycles. The molecular weight excluding hydrogens is 320 g/mol. The van der Waals surface area contributed by atoms with Crippen LogP contribution in [-0.4, -0.2) is 30.7 Å². The first-order valence-corrected chi connectivity index (χ1v) is 6.52. The van der Waals surface area contributed by atoms with E-state index < -0.39 is 5.97 Å². The Labute approximate surface area is 113 Å². The summed E-state index contributed by atoms with van der Waals surface area (Å²) < 4.78 is 2.16. The van der Waals surface area contributed by atoms with E-state index in [1.165, 1.54) is 17.4 Å². The molecule has 0 aromatic carbocycles. The summed E-state index contributed by atoms with van der Waals surface area (Å²) in [6.07, 6.45) is 1.66. The summed E-state index contributed by atoms with van der Waals surface area (Å²) in [6, 6.07) is 3.12. The van der Waals surface area contributed by atoms with Gasteiger partial charge in [0.1, 0.15) is 15.3 Å². The molecule has 0 spiro atoms. The van der Waals surface area contributed by atoms with Crippen LogP contribution >= 0.6 is 27.3 Å². The van der Waals surface area contributed by atoms with Gasteiger partial charge in [-0.3, -0.25) is 0 Å². The van der Waals surface area contributed by atoms with Crippen molar-refractivity contribution >= 4 is 38.9 Å². The van der Waals surface area contributed by atoms with E-state index in [4.69, 9.17) is 5.11 Å². The van der Waals surface area contributed by atoms with E-state index >= 15 is 0 Å². The molecule has 18 heavy (non-hydrogen) atoms. The number of aromatic carboxylic acids is 1. The van der Waals surface area contributed by atoms with Gasteiger partial charge in [-0.2, -0.15) is 5.10 Å². The van der Waals surface area contributed by atoms with Crippen LogP contribution in [0.25, 0.3) is 16.3 Å². The number of hydrogen-bond donors (Lipinski definition) is 1. The fourth-order valence-electron chi connectivity index (χ4n) is 1.56. The van der Waals surface area contributed by atoms with E-state index in [9.17, 15) is 4.79 Å². The van der Waals surface area contributed by atoms with Crippen molar-refractivity contribution in [1.82, 2.24) is 19.6 Å². The third-order valence-corrected chi connectivity index (χ3v) is 3.45. The highest BCUT2D eigenvalue weighted by molar-refractivity contribution is 9.10. The molecule has 0 aliphatic heterocycles. The summed E-state index contributed by atoms with van der Waals surface area (Å²) in [4.78, 5) is 19.2. The number of nitrogens with zero attached hydrogens (tertiary/aromatic N) is 4. The first-order valence-electron chi connectivity index (χ1n) is 4.84. The Bertz CT molecular complexity index is 738. The fraction of sp³-hybridized carbons (Fsp3) is 0. The predicted octanol–water partition coefficient (Wildman–Crippen LogP) is 2.31. The zero-order valence-corrected chi connectivity index (χ0v) is 11.1. The standard InChI is InChI=1S/C10H5BrN4O2S/c11-7-4-8-13-5(10(16)17)3-6(15(8)14-7)9-12-1-2-18-9/h1-4H,(H,16,17). The molecule has 0 radical (unpaired) electrons. The number of halogens is 1. The third kappa shape index (κ3) is 1.79. The molecule has 0 unspecified atom stereocenters. The Balaban J connectivity index is 2.36. The van der Waals surface area contributed by atoms with E-state index in [1.54, 1.807) is 16.8 Å². The van der Waals surface area contributed by atoms with Gasteiger partial charge in [-0.15, -0.1) is 11.3 Å². The average Bonchev–Trinajstić information content (AvgIpc) is 2.94. The van der Waals surface area contributed by atoms with Gasteiger partial charge < -0.3 is 5.11 Å². The van der Waals surface area contributed by atoms with Gasteiger partial charge in [-0.05, 0) is 15.9 Å². The number of rotatable bonds is 2. The molecule has 3 rings (SSSR count). The molecule has 0 amide bonds. The molecule has 0 aliphatic rings. The lowest BCUT2D eigenvalue weighted by Gasteiger charge is -2.02. The molecule has 0 fully saturated rings. The lowest BCUT2D eigenvalue weighted by atomic mass is 10.3. The predicted molar refractivity (Wildman–Crippen MR) is 68.8 cm³/mol. The van der Waals surface area contributed by atoms with Gasteiger partial charge in [-0.25, -0.2) is 19.3 Å². The monoisotopic (exact) mass is 324 g/mol. The molecule has 3 aromatic heterocycles. The van der Waals surface area contributed by atoms with Crippen LogP contribution in [0.5, 0.6) is 0 Å². The summed E-state index contributed by atoms with van der Waals surface area (Å²) in [5.41, 5.74) is 1.05. The van der Waals surface area contributed by atoms with Gasteiger partial charge in [0, 0.05) is 23.7 Å². The van der Waals surface area contributed by atoms with Crippen LogP contribution in [0.4, 0.5) is 0 Å². The largest absolute Gasteiger partial charge is 0.477 e. The van der Waals surface area contributed by atoms with Gasteiger partial charge in [-0.1, -0.05) is 0 Å². The van der Waals surface area contributed by atoms with Crippen LogP contribution in [0, 0.1) is 0 Å². The summed E-state index contributed by atoms with van der Waals surface area (Å²) in [7, 11) is 0. The molecule has 0 atom stereocenters. The quantitative estimate of drug-likeness (QED) is 0.782. The minimum absolute atomic E-state index is 0.0277. The minimum Gasteiger partial charge on any atom is -0.477 e.